The Morgan fingerprint density at radius 3 is 2.62 bits per heavy atom. The molecule has 0 saturated carbocycles. The van der Waals surface area contributed by atoms with E-state index in [0.717, 1.165) is 13.0 Å². The number of thiocarbonyl (C=S) groups is 1. The molecule has 1 atom stereocenters. The van der Waals surface area contributed by atoms with Gasteiger partial charge in [0, 0.05) is 31.7 Å². The van der Waals surface area contributed by atoms with Crippen LogP contribution in [-0.2, 0) is 16.6 Å². The van der Waals surface area contributed by atoms with E-state index in [1.807, 2.05) is 25.3 Å². The lowest BCUT2D eigenvalue weighted by Gasteiger charge is -2.22. The molecule has 0 aliphatic heterocycles. The number of sulfonamides is 1. The molecule has 21 heavy (non-hydrogen) atoms. The molecule has 6 nitrogen and oxygen atoms in total. The Hall–Kier alpha value is -0.990. The summed E-state index contributed by atoms with van der Waals surface area (Å²) >= 11 is 4.92. The second-order valence-electron chi connectivity index (χ2n) is 5.08. The van der Waals surface area contributed by atoms with Gasteiger partial charge >= 0.3 is 0 Å². The van der Waals surface area contributed by atoms with E-state index in [4.69, 9.17) is 18.0 Å². The molecular formula is C13H24N4O2S2. The van der Waals surface area contributed by atoms with Crippen molar-refractivity contribution in [1.82, 2.24) is 13.9 Å². The first kappa shape index (κ1) is 18.1. The minimum Gasteiger partial charge on any atom is -0.393 e. The number of rotatable bonds is 8. The molecule has 1 aromatic heterocycles. The topological polar surface area (TPSA) is 81.2 Å². The summed E-state index contributed by atoms with van der Waals surface area (Å²) in [6.45, 7) is 8.84. The Balaban J connectivity index is 3.07. The SMILES string of the molecule is CCCn1cc(S(=O)(=O)N(CC)CC(C)C(N)=S)nc1C. The molecule has 2 N–H and O–H groups in total. The van der Waals surface area contributed by atoms with Gasteiger partial charge in [-0.25, -0.2) is 13.4 Å². The van der Waals surface area contributed by atoms with E-state index in [9.17, 15) is 8.42 Å². The highest BCUT2D eigenvalue weighted by molar-refractivity contribution is 7.89. The number of hydrogen-bond acceptors (Lipinski definition) is 4. The molecule has 1 aromatic rings. The Morgan fingerprint density at radius 1 is 1.52 bits per heavy atom. The Kier molecular flexibility index (Phi) is 6.30. The fourth-order valence-electron chi connectivity index (χ4n) is 2.00. The maximum Gasteiger partial charge on any atom is 0.262 e. The van der Waals surface area contributed by atoms with Gasteiger partial charge in [-0.1, -0.05) is 33.0 Å². The van der Waals surface area contributed by atoms with Gasteiger partial charge in [0.05, 0.1) is 4.99 Å². The Labute approximate surface area is 132 Å². The first-order valence-corrected chi connectivity index (χ1v) is 8.92. The lowest BCUT2D eigenvalue weighted by Crippen LogP contribution is -2.38. The van der Waals surface area contributed by atoms with E-state index in [0.29, 0.717) is 17.4 Å². The van der Waals surface area contributed by atoms with Crippen molar-refractivity contribution in [2.45, 2.75) is 45.7 Å². The van der Waals surface area contributed by atoms with Gasteiger partial charge in [0.2, 0.25) is 0 Å². The third kappa shape index (κ3) is 4.24. The maximum atomic E-state index is 12.7. The van der Waals surface area contributed by atoms with Crippen molar-refractivity contribution >= 4 is 27.2 Å². The quantitative estimate of drug-likeness (QED) is 0.730. The zero-order chi connectivity index (χ0) is 16.2. The van der Waals surface area contributed by atoms with Gasteiger partial charge in [0.15, 0.2) is 5.03 Å². The predicted molar refractivity (Wildman–Crippen MR) is 87.6 cm³/mol. The van der Waals surface area contributed by atoms with Gasteiger partial charge in [-0.15, -0.1) is 0 Å². The summed E-state index contributed by atoms with van der Waals surface area (Å²) in [5.41, 5.74) is 5.58. The van der Waals surface area contributed by atoms with Gasteiger partial charge in [0.1, 0.15) is 5.82 Å². The molecule has 0 aromatic carbocycles. The normalized spacial score (nSPS) is 13.6. The second kappa shape index (κ2) is 7.33. The molecule has 8 heteroatoms. The van der Waals surface area contributed by atoms with Crippen LogP contribution in [-0.4, -0.2) is 40.4 Å². The molecule has 0 aliphatic carbocycles. The zero-order valence-electron chi connectivity index (χ0n) is 13.0. The second-order valence-corrected chi connectivity index (χ2v) is 7.44. The van der Waals surface area contributed by atoms with E-state index < -0.39 is 10.0 Å². The van der Waals surface area contributed by atoms with Crippen LogP contribution in [0.5, 0.6) is 0 Å². The molecule has 0 saturated heterocycles. The van der Waals surface area contributed by atoms with Crippen molar-refractivity contribution in [3.05, 3.63) is 12.0 Å². The fourth-order valence-corrected chi connectivity index (χ4v) is 3.60. The highest BCUT2D eigenvalue weighted by Crippen LogP contribution is 2.17. The minimum absolute atomic E-state index is 0.0884. The number of imidazole rings is 1. The summed E-state index contributed by atoms with van der Waals surface area (Å²) in [6, 6.07) is 0. The van der Waals surface area contributed by atoms with Crippen LogP contribution in [0.15, 0.2) is 11.2 Å². The molecule has 1 heterocycles. The van der Waals surface area contributed by atoms with Gasteiger partial charge in [-0.2, -0.15) is 4.31 Å². The van der Waals surface area contributed by atoms with Crippen molar-refractivity contribution in [2.24, 2.45) is 11.7 Å². The first-order chi connectivity index (χ1) is 9.73. The highest BCUT2D eigenvalue weighted by atomic mass is 32.2. The lowest BCUT2D eigenvalue weighted by atomic mass is 10.2. The predicted octanol–water partition coefficient (Wildman–Crippen LogP) is 1.53. The molecule has 120 valence electrons. The van der Waals surface area contributed by atoms with Gasteiger partial charge in [0.25, 0.3) is 10.0 Å². The average molecular weight is 332 g/mol. The van der Waals surface area contributed by atoms with E-state index in [-0.39, 0.29) is 17.5 Å². The van der Waals surface area contributed by atoms with E-state index >= 15 is 0 Å². The van der Waals surface area contributed by atoms with Crippen molar-refractivity contribution in [1.29, 1.82) is 0 Å². The summed E-state index contributed by atoms with van der Waals surface area (Å²) < 4.78 is 28.5. The fraction of sp³-hybridized carbons (Fsp3) is 0.692. The molecule has 0 fully saturated rings. The molecule has 1 unspecified atom stereocenters. The van der Waals surface area contributed by atoms with Crippen LogP contribution >= 0.6 is 12.2 Å². The molecule has 0 aliphatic rings. The van der Waals surface area contributed by atoms with Crippen molar-refractivity contribution < 1.29 is 8.42 Å². The minimum atomic E-state index is -3.61. The molecule has 0 amide bonds. The smallest absolute Gasteiger partial charge is 0.262 e. The average Bonchev–Trinajstić information content (AvgIpc) is 2.78. The Morgan fingerprint density at radius 2 is 2.14 bits per heavy atom. The van der Waals surface area contributed by atoms with Crippen molar-refractivity contribution in [3.8, 4) is 0 Å². The van der Waals surface area contributed by atoms with Crippen LogP contribution in [0.2, 0.25) is 0 Å². The monoisotopic (exact) mass is 332 g/mol. The zero-order valence-corrected chi connectivity index (χ0v) is 14.7. The van der Waals surface area contributed by atoms with Crippen LogP contribution in [0.1, 0.15) is 33.0 Å². The standard InChI is InChI=1S/C13H24N4O2S2/c1-5-7-16-9-12(15-11(16)4)21(18,19)17(6-2)8-10(3)13(14)20/h9-10H,5-8H2,1-4H3,(H2,14,20). The largest absolute Gasteiger partial charge is 0.393 e. The third-order valence-electron chi connectivity index (χ3n) is 3.34. The molecular weight excluding hydrogens is 308 g/mol. The number of nitrogens with two attached hydrogens (primary N) is 1. The molecule has 0 spiro atoms. The summed E-state index contributed by atoms with van der Waals surface area (Å²) in [6.07, 6.45) is 2.52. The molecule has 1 rings (SSSR count). The first-order valence-electron chi connectivity index (χ1n) is 7.07. The summed E-state index contributed by atoms with van der Waals surface area (Å²) in [5.74, 6) is 0.530. The van der Waals surface area contributed by atoms with Gasteiger partial charge in [-0.05, 0) is 13.3 Å². The van der Waals surface area contributed by atoms with Crippen LogP contribution in [0.3, 0.4) is 0 Å². The summed E-state index contributed by atoms with van der Waals surface area (Å²) in [4.78, 5) is 4.51. The molecule has 0 radical (unpaired) electrons. The van der Waals surface area contributed by atoms with Crippen LogP contribution < -0.4 is 5.73 Å². The van der Waals surface area contributed by atoms with Gasteiger partial charge in [-0.3, -0.25) is 0 Å². The Bertz CT molecular complexity index is 595. The van der Waals surface area contributed by atoms with Crippen LogP contribution in [0, 0.1) is 12.8 Å². The summed E-state index contributed by atoms with van der Waals surface area (Å²) in [5, 5.41) is 0.0884. The van der Waals surface area contributed by atoms with Crippen molar-refractivity contribution in [2.75, 3.05) is 13.1 Å². The van der Waals surface area contributed by atoms with E-state index in [1.165, 1.54) is 4.31 Å². The lowest BCUT2D eigenvalue weighted by molar-refractivity contribution is 0.403. The number of hydrogen-bond donors (Lipinski definition) is 1. The number of aryl methyl sites for hydroxylation is 2. The van der Waals surface area contributed by atoms with E-state index in [1.54, 1.807) is 13.1 Å². The molecule has 0 bridgehead atoms. The highest BCUT2D eigenvalue weighted by Gasteiger charge is 2.28. The van der Waals surface area contributed by atoms with Crippen LogP contribution in [0.4, 0.5) is 0 Å². The number of nitrogens with zero attached hydrogens (tertiary/aromatic N) is 3. The number of aromatic nitrogens is 2. The summed E-state index contributed by atoms with van der Waals surface area (Å²) in [7, 11) is -3.61. The van der Waals surface area contributed by atoms with Crippen LogP contribution in [0.25, 0.3) is 0 Å². The van der Waals surface area contributed by atoms with Crippen molar-refractivity contribution in [3.63, 3.8) is 0 Å². The van der Waals surface area contributed by atoms with Gasteiger partial charge < -0.3 is 10.3 Å². The maximum absolute atomic E-state index is 12.7. The van der Waals surface area contributed by atoms with E-state index in [2.05, 4.69) is 4.98 Å². The third-order valence-corrected chi connectivity index (χ3v) is 5.55.